The highest BCUT2D eigenvalue weighted by atomic mass is 19.1. The van der Waals surface area contributed by atoms with E-state index in [1.165, 1.54) is 6.07 Å². The smallest absolute Gasteiger partial charge is 0.133 e. The third-order valence-corrected chi connectivity index (χ3v) is 3.85. The average Bonchev–Trinajstić information content (AvgIpc) is 2.42. The minimum atomic E-state index is -1.06. The fraction of sp³-hybridized carbons (Fsp3) is 0.400. The van der Waals surface area contributed by atoms with Crippen LogP contribution >= 0.6 is 0 Å². The van der Waals surface area contributed by atoms with E-state index < -0.39 is 12.2 Å². The Kier molecular flexibility index (Phi) is 3.30. The molecular formula is C15H17F2N3. The van der Waals surface area contributed by atoms with Crippen LogP contribution in [0.25, 0.3) is 10.9 Å². The zero-order valence-corrected chi connectivity index (χ0v) is 11.3. The predicted octanol–water partition coefficient (Wildman–Crippen LogP) is 2.56. The quantitative estimate of drug-likeness (QED) is 0.871. The molecule has 2 aromatic rings. The van der Waals surface area contributed by atoms with Gasteiger partial charge in [0.2, 0.25) is 0 Å². The van der Waals surface area contributed by atoms with Crippen LogP contribution in [0.5, 0.6) is 0 Å². The largest absolute Gasteiger partial charge is 0.367 e. The van der Waals surface area contributed by atoms with Gasteiger partial charge in [-0.05, 0) is 37.6 Å². The van der Waals surface area contributed by atoms with Crippen molar-refractivity contribution in [3.8, 4) is 0 Å². The first-order valence-corrected chi connectivity index (χ1v) is 6.77. The second kappa shape index (κ2) is 4.98. The third-order valence-electron chi connectivity index (χ3n) is 3.85. The van der Waals surface area contributed by atoms with Gasteiger partial charge >= 0.3 is 0 Å². The number of pyridine rings is 1. The van der Waals surface area contributed by atoms with Crippen molar-refractivity contribution in [1.29, 1.82) is 0 Å². The van der Waals surface area contributed by atoms with Crippen molar-refractivity contribution in [2.24, 2.45) is 5.73 Å². The molecule has 0 amide bonds. The van der Waals surface area contributed by atoms with Crippen molar-refractivity contribution >= 4 is 16.6 Å². The Morgan fingerprint density at radius 1 is 1.30 bits per heavy atom. The summed E-state index contributed by atoms with van der Waals surface area (Å²) in [5.74, 6) is -0.304. The van der Waals surface area contributed by atoms with Gasteiger partial charge in [-0.2, -0.15) is 0 Å². The van der Waals surface area contributed by atoms with Crippen LogP contribution in [0.2, 0.25) is 0 Å². The number of fused-ring (bicyclic) bond motifs is 1. The van der Waals surface area contributed by atoms with Gasteiger partial charge in [0.05, 0.1) is 17.7 Å². The minimum absolute atomic E-state index is 0.234. The highest BCUT2D eigenvalue weighted by molar-refractivity contribution is 5.91. The SMILES string of the molecule is Cc1ccc2c(F)ccc(N3CC[C@@H](N)[C@@H](F)C3)c2n1. The van der Waals surface area contributed by atoms with Gasteiger partial charge in [0.15, 0.2) is 0 Å². The van der Waals surface area contributed by atoms with E-state index in [-0.39, 0.29) is 12.4 Å². The summed E-state index contributed by atoms with van der Waals surface area (Å²) in [7, 11) is 0. The van der Waals surface area contributed by atoms with Gasteiger partial charge in [-0.3, -0.25) is 4.98 Å². The monoisotopic (exact) mass is 277 g/mol. The molecule has 20 heavy (non-hydrogen) atoms. The summed E-state index contributed by atoms with van der Waals surface area (Å²) in [5.41, 5.74) is 7.88. The summed E-state index contributed by atoms with van der Waals surface area (Å²) in [4.78, 5) is 6.33. The Bertz CT molecular complexity index is 644. The van der Waals surface area contributed by atoms with Gasteiger partial charge in [-0.1, -0.05) is 0 Å². The fourth-order valence-electron chi connectivity index (χ4n) is 2.66. The van der Waals surface area contributed by atoms with Crippen molar-refractivity contribution in [2.75, 3.05) is 18.0 Å². The van der Waals surface area contributed by atoms with E-state index in [2.05, 4.69) is 4.98 Å². The number of rotatable bonds is 1. The summed E-state index contributed by atoms with van der Waals surface area (Å²) in [6.45, 7) is 2.76. The predicted molar refractivity (Wildman–Crippen MR) is 76.1 cm³/mol. The number of halogens is 2. The molecule has 1 aromatic carbocycles. The number of piperidine rings is 1. The molecule has 0 unspecified atom stereocenters. The van der Waals surface area contributed by atoms with Crippen LogP contribution in [0.3, 0.4) is 0 Å². The molecule has 106 valence electrons. The summed E-state index contributed by atoms with van der Waals surface area (Å²) >= 11 is 0. The number of aromatic nitrogens is 1. The standard InChI is InChI=1S/C15H17F2N3/c1-9-2-3-10-11(16)4-5-14(15(10)19-9)20-7-6-13(18)12(17)8-20/h2-5,12-13H,6-8,18H2,1H3/t12-,13+/m0/s1. The highest BCUT2D eigenvalue weighted by Gasteiger charge is 2.27. The number of benzene rings is 1. The lowest BCUT2D eigenvalue weighted by Crippen LogP contribution is -2.48. The van der Waals surface area contributed by atoms with E-state index in [1.54, 1.807) is 18.2 Å². The lowest BCUT2D eigenvalue weighted by atomic mass is 10.0. The van der Waals surface area contributed by atoms with Crippen LogP contribution in [-0.4, -0.2) is 30.3 Å². The summed E-state index contributed by atoms with van der Waals surface area (Å²) in [6.07, 6.45) is -0.472. The lowest BCUT2D eigenvalue weighted by Gasteiger charge is -2.34. The maximum Gasteiger partial charge on any atom is 0.133 e. The minimum Gasteiger partial charge on any atom is -0.367 e. The molecule has 0 saturated carbocycles. The van der Waals surface area contributed by atoms with Crippen LogP contribution in [-0.2, 0) is 0 Å². The Balaban J connectivity index is 2.07. The number of hydrogen-bond donors (Lipinski definition) is 1. The van der Waals surface area contributed by atoms with Gasteiger partial charge in [0.1, 0.15) is 12.0 Å². The molecule has 0 spiro atoms. The molecule has 1 saturated heterocycles. The van der Waals surface area contributed by atoms with E-state index in [1.807, 2.05) is 11.8 Å². The average molecular weight is 277 g/mol. The first-order chi connectivity index (χ1) is 9.56. The second-order valence-corrected chi connectivity index (χ2v) is 5.33. The third kappa shape index (κ3) is 2.22. The Hall–Kier alpha value is -1.75. The number of aryl methyl sites for hydroxylation is 1. The zero-order valence-electron chi connectivity index (χ0n) is 11.3. The topological polar surface area (TPSA) is 42.1 Å². The molecule has 1 aliphatic heterocycles. The van der Waals surface area contributed by atoms with E-state index in [0.29, 0.717) is 23.9 Å². The maximum atomic E-state index is 13.9. The van der Waals surface area contributed by atoms with Gasteiger partial charge in [0.25, 0.3) is 0 Å². The van der Waals surface area contributed by atoms with Crippen LogP contribution in [0.4, 0.5) is 14.5 Å². The molecule has 2 heterocycles. The number of alkyl halides is 1. The van der Waals surface area contributed by atoms with E-state index in [0.717, 1.165) is 11.4 Å². The molecule has 2 atom stereocenters. The van der Waals surface area contributed by atoms with Gasteiger partial charge in [-0.15, -0.1) is 0 Å². The maximum absolute atomic E-state index is 13.9. The Morgan fingerprint density at radius 3 is 2.85 bits per heavy atom. The van der Waals surface area contributed by atoms with Gasteiger partial charge in [0, 0.05) is 23.7 Å². The molecule has 1 aromatic heterocycles. The zero-order chi connectivity index (χ0) is 14.3. The Labute approximate surface area is 116 Å². The van der Waals surface area contributed by atoms with Crippen LogP contribution in [0, 0.1) is 12.7 Å². The highest BCUT2D eigenvalue weighted by Crippen LogP contribution is 2.30. The Morgan fingerprint density at radius 2 is 2.10 bits per heavy atom. The molecule has 0 radical (unpaired) electrons. The molecule has 5 heteroatoms. The van der Waals surface area contributed by atoms with Crippen LogP contribution < -0.4 is 10.6 Å². The van der Waals surface area contributed by atoms with Crippen molar-refractivity contribution in [3.63, 3.8) is 0 Å². The molecule has 3 nitrogen and oxygen atoms in total. The van der Waals surface area contributed by atoms with Crippen molar-refractivity contribution in [1.82, 2.24) is 4.98 Å². The molecular weight excluding hydrogens is 260 g/mol. The van der Waals surface area contributed by atoms with Crippen LogP contribution in [0.15, 0.2) is 24.3 Å². The second-order valence-electron chi connectivity index (χ2n) is 5.33. The molecule has 2 N–H and O–H groups in total. The summed E-state index contributed by atoms with van der Waals surface area (Å²) < 4.78 is 27.7. The van der Waals surface area contributed by atoms with Crippen molar-refractivity contribution in [2.45, 2.75) is 25.6 Å². The summed E-state index contributed by atoms with van der Waals surface area (Å²) in [5, 5.41) is 0.471. The van der Waals surface area contributed by atoms with Crippen LogP contribution in [0.1, 0.15) is 12.1 Å². The molecule has 1 aliphatic rings. The van der Waals surface area contributed by atoms with Gasteiger partial charge in [-0.25, -0.2) is 8.78 Å². The van der Waals surface area contributed by atoms with E-state index >= 15 is 0 Å². The van der Waals surface area contributed by atoms with E-state index in [4.69, 9.17) is 5.73 Å². The molecule has 3 rings (SSSR count). The first-order valence-electron chi connectivity index (χ1n) is 6.77. The fourth-order valence-corrected chi connectivity index (χ4v) is 2.66. The van der Waals surface area contributed by atoms with Gasteiger partial charge < -0.3 is 10.6 Å². The van der Waals surface area contributed by atoms with Crippen molar-refractivity contribution < 1.29 is 8.78 Å². The molecule has 0 bridgehead atoms. The normalized spacial score (nSPS) is 23.3. The molecule has 0 aliphatic carbocycles. The molecule has 1 fully saturated rings. The first kappa shape index (κ1) is 13.2. The van der Waals surface area contributed by atoms with E-state index in [9.17, 15) is 8.78 Å². The van der Waals surface area contributed by atoms with Crippen molar-refractivity contribution in [3.05, 3.63) is 35.8 Å². The number of anilines is 1. The summed E-state index contributed by atoms with van der Waals surface area (Å²) in [6, 6.07) is 6.18. The number of hydrogen-bond acceptors (Lipinski definition) is 3. The number of nitrogens with zero attached hydrogens (tertiary/aromatic N) is 2. The number of nitrogens with two attached hydrogens (primary N) is 1. The lowest BCUT2D eigenvalue weighted by molar-refractivity contribution is 0.251.